The molecule has 0 aliphatic heterocycles. The lowest BCUT2D eigenvalue weighted by Crippen LogP contribution is -2.21. The van der Waals surface area contributed by atoms with Crippen molar-refractivity contribution in [1.82, 2.24) is 0 Å². The molecule has 2 aromatic rings. The Bertz CT molecular complexity index is 599. The summed E-state index contributed by atoms with van der Waals surface area (Å²) in [4.78, 5) is 12.3. The second-order valence-electron chi connectivity index (χ2n) is 4.59. The first-order chi connectivity index (χ1) is 9.61. The molecule has 1 atom stereocenters. The fourth-order valence-corrected chi connectivity index (χ4v) is 2.11. The van der Waals surface area contributed by atoms with Crippen LogP contribution in [0.2, 0.25) is 0 Å². The van der Waals surface area contributed by atoms with Crippen molar-refractivity contribution in [3.8, 4) is 0 Å². The quantitative estimate of drug-likeness (QED) is 0.836. The van der Waals surface area contributed by atoms with Crippen molar-refractivity contribution in [2.75, 3.05) is 11.1 Å². The van der Waals surface area contributed by atoms with Crippen LogP contribution in [0.1, 0.15) is 24.8 Å². The molecule has 0 aromatic heterocycles. The molecular weight excluding hydrogens is 255 g/mol. The molecule has 0 aliphatic carbocycles. The Morgan fingerprint density at radius 1 is 1.25 bits per heavy atom. The van der Waals surface area contributed by atoms with Crippen LogP contribution in [-0.2, 0) is 4.79 Å². The van der Waals surface area contributed by atoms with Gasteiger partial charge in [-0.3, -0.25) is 4.79 Å². The molecule has 3 nitrogen and oxygen atoms in total. The number of hydrogen-bond acceptors (Lipinski definition) is 2. The molecular formula is C16H17FN2O. The molecule has 3 N–H and O–H groups in total. The first-order valence-corrected chi connectivity index (χ1v) is 6.52. The molecule has 0 bridgehead atoms. The van der Waals surface area contributed by atoms with E-state index in [9.17, 15) is 9.18 Å². The maximum atomic E-state index is 13.2. The van der Waals surface area contributed by atoms with Gasteiger partial charge in [0.15, 0.2) is 0 Å². The topological polar surface area (TPSA) is 55.1 Å². The second-order valence-corrected chi connectivity index (χ2v) is 4.59. The van der Waals surface area contributed by atoms with E-state index in [1.165, 1.54) is 18.2 Å². The fraction of sp³-hybridized carbons (Fsp3) is 0.188. The number of nitrogens with two attached hydrogens (primary N) is 1. The minimum atomic E-state index is -0.428. The number of halogens is 1. The second kappa shape index (κ2) is 6.19. The van der Waals surface area contributed by atoms with E-state index in [2.05, 4.69) is 5.32 Å². The van der Waals surface area contributed by atoms with Crippen LogP contribution < -0.4 is 11.1 Å². The Hall–Kier alpha value is -2.36. The summed E-state index contributed by atoms with van der Waals surface area (Å²) in [5, 5.41) is 2.70. The predicted molar refractivity (Wildman–Crippen MR) is 78.9 cm³/mol. The summed E-state index contributed by atoms with van der Waals surface area (Å²) in [6, 6.07) is 13.4. The Labute approximate surface area is 117 Å². The molecule has 0 saturated heterocycles. The van der Waals surface area contributed by atoms with Crippen LogP contribution in [0.4, 0.5) is 15.8 Å². The summed E-state index contributed by atoms with van der Waals surface area (Å²) in [5.74, 6) is -0.892. The zero-order valence-corrected chi connectivity index (χ0v) is 11.3. The molecule has 0 aliphatic rings. The maximum Gasteiger partial charge on any atom is 0.231 e. The van der Waals surface area contributed by atoms with E-state index in [4.69, 9.17) is 5.73 Å². The van der Waals surface area contributed by atoms with Gasteiger partial charge in [0.05, 0.1) is 17.3 Å². The number of nitrogens with one attached hydrogen (secondary N) is 1. The van der Waals surface area contributed by atoms with E-state index < -0.39 is 5.82 Å². The molecule has 0 radical (unpaired) electrons. The average Bonchev–Trinajstić information content (AvgIpc) is 2.45. The van der Waals surface area contributed by atoms with E-state index in [1.807, 2.05) is 37.3 Å². The Kier molecular flexibility index (Phi) is 4.35. The van der Waals surface area contributed by atoms with Crippen molar-refractivity contribution in [3.05, 3.63) is 59.9 Å². The van der Waals surface area contributed by atoms with Crippen molar-refractivity contribution in [3.63, 3.8) is 0 Å². The lowest BCUT2D eigenvalue weighted by atomic mass is 9.95. The summed E-state index contributed by atoms with van der Waals surface area (Å²) >= 11 is 0. The van der Waals surface area contributed by atoms with Gasteiger partial charge in [0.1, 0.15) is 5.82 Å². The number of hydrogen-bond donors (Lipinski definition) is 2. The highest BCUT2D eigenvalue weighted by Gasteiger charge is 2.19. The number of nitrogen functional groups attached to an aromatic ring is 1. The molecule has 4 heteroatoms. The maximum absolute atomic E-state index is 13.2. The lowest BCUT2D eigenvalue weighted by Gasteiger charge is -2.16. The zero-order chi connectivity index (χ0) is 14.5. The van der Waals surface area contributed by atoms with E-state index in [0.717, 1.165) is 5.56 Å². The molecule has 20 heavy (non-hydrogen) atoms. The average molecular weight is 272 g/mol. The van der Waals surface area contributed by atoms with Crippen LogP contribution in [0.5, 0.6) is 0 Å². The molecule has 0 fully saturated rings. The Morgan fingerprint density at radius 3 is 2.60 bits per heavy atom. The fourth-order valence-electron chi connectivity index (χ4n) is 2.11. The van der Waals surface area contributed by atoms with Crippen LogP contribution in [0.3, 0.4) is 0 Å². The monoisotopic (exact) mass is 272 g/mol. The van der Waals surface area contributed by atoms with Crippen molar-refractivity contribution in [2.45, 2.75) is 19.3 Å². The van der Waals surface area contributed by atoms with Gasteiger partial charge in [-0.05, 0) is 30.2 Å². The van der Waals surface area contributed by atoms with Gasteiger partial charge in [-0.25, -0.2) is 4.39 Å². The molecule has 0 heterocycles. The Balaban J connectivity index is 2.20. The van der Waals surface area contributed by atoms with Crippen molar-refractivity contribution < 1.29 is 9.18 Å². The zero-order valence-electron chi connectivity index (χ0n) is 11.3. The molecule has 1 unspecified atom stereocenters. The summed E-state index contributed by atoms with van der Waals surface area (Å²) in [6.45, 7) is 1.94. The van der Waals surface area contributed by atoms with Crippen molar-refractivity contribution >= 4 is 17.3 Å². The SMILES string of the molecule is CCC(C(=O)Nc1cc(F)ccc1N)c1ccccc1. The first kappa shape index (κ1) is 14.1. The molecule has 104 valence electrons. The number of rotatable bonds is 4. The van der Waals surface area contributed by atoms with E-state index in [1.54, 1.807) is 0 Å². The smallest absolute Gasteiger partial charge is 0.231 e. The van der Waals surface area contributed by atoms with Crippen LogP contribution in [0.25, 0.3) is 0 Å². The minimum absolute atomic E-state index is 0.184. The van der Waals surface area contributed by atoms with Crippen molar-refractivity contribution in [1.29, 1.82) is 0 Å². The number of benzene rings is 2. The highest BCUT2D eigenvalue weighted by Crippen LogP contribution is 2.24. The van der Waals surface area contributed by atoms with Crippen LogP contribution in [0.15, 0.2) is 48.5 Å². The minimum Gasteiger partial charge on any atom is -0.397 e. The standard InChI is InChI=1S/C16H17FN2O/c1-2-13(11-6-4-3-5-7-11)16(20)19-15-10-12(17)8-9-14(15)18/h3-10,13H,2,18H2,1H3,(H,19,20). The molecule has 2 aromatic carbocycles. The third-order valence-corrected chi connectivity index (χ3v) is 3.20. The van der Waals surface area contributed by atoms with Gasteiger partial charge in [-0.15, -0.1) is 0 Å². The first-order valence-electron chi connectivity index (χ1n) is 6.52. The summed E-state index contributed by atoms with van der Waals surface area (Å²) in [6.07, 6.45) is 0.658. The van der Waals surface area contributed by atoms with E-state index in [-0.39, 0.29) is 11.8 Å². The normalized spacial score (nSPS) is 11.9. The number of carbonyl (C=O) groups is 1. The van der Waals surface area contributed by atoms with Gasteiger partial charge in [-0.1, -0.05) is 37.3 Å². The summed E-state index contributed by atoms with van der Waals surface area (Å²) in [5.41, 5.74) is 7.33. The highest BCUT2D eigenvalue weighted by molar-refractivity contribution is 5.98. The van der Waals surface area contributed by atoms with Crippen LogP contribution >= 0.6 is 0 Å². The molecule has 1 amide bonds. The largest absolute Gasteiger partial charge is 0.397 e. The molecule has 2 rings (SSSR count). The van der Waals surface area contributed by atoms with Gasteiger partial charge in [0.2, 0.25) is 5.91 Å². The van der Waals surface area contributed by atoms with E-state index in [0.29, 0.717) is 17.8 Å². The Morgan fingerprint density at radius 2 is 1.95 bits per heavy atom. The number of amides is 1. The third kappa shape index (κ3) is 3.15. The highest BCUT2D eigenvalue weighted by atomic mass is 19.1. The molecule has 0 spiro atoms. The van der Waals surface area contributed by atoms with Gasteiger partial charge >= 0.3 is 0 Å². The van der Waals surface area contributed by atoms with Gasteiger partial charge in [0, 0.05) is 0 Å². The predicted octanol–water partition coefficient (Wildman–Crippen LogP) is 3.54. The van der Waals surface area contributed by atoms with Gasteiger partial charge < -0.3 is 11.1 Å². The van der Waals surface area contributed by atoms with Crippen LogP contribution in [0, 0.1) is 5.82 Å². The molecule has 0 saturated carbocycles. The number of carbonyl (C=O) groups excluding carboxylic acids is 1. The van der Waals surface area contributed by atoms with E-state index >= 15 is 0 Å². The van der Waals surface area contributed by atoms with Gasteiger partial charge in [0.25, 0.3) is 0 Å². The lowest BCUT2D eigenvalue weighted by molar-refractivity contribution is -0.117. The summed E-state index contributed by atoms with van der Waals surface area (Å²) in [7, 11) is 0. The summed E-state index contributed by atoms with van der Waals surface area (Å²) < 4.78 is 13.2. The van der Waals surface area contributed by atoms with Gasteiger partial charge in [-0.2, -0.15) is 0 Å². The number of anilines is 2. The van der Waals surface area contributed by atoms with Crippen molar-refractivity contribution in [2.24, 2.45) is 0 Å². The van der Waals surface area contributed by atoms with Crippen LogP contribution in [-0.4, -0.2) is 5.91 Å². The third-order valence-electron chi connectivity index (χ3n) is 3.20.